The zero-order valence-corrected chi connectivity index (χ0v) is 14.8. The van der Waals surface area contributed by atoms with Gasteiger partial charge in [0.05, 0.1) is 6.54 Å². The Balaban J connectivity index is 1.62. The quantitative estimate of drug-likeness (QED) is 0.644. The van der Waals surface area contributed by atoms with Crippen molar-refractivity contribution in [3.8, 4) is 11.5 Å². The highest BCUT2D eigenvalue weighted by Crippen LogP contribution is 2.18. The van der Waals surface area contributed by atoms with Crippen LogP contribution in [0, 0.1) is 0 Å². The van der Waals surface area contributed by atoms with Crippen molar-refractivity contribution < 1.29 is 4.42 Å². The van der Waals surface area contributed by atoms with Crippen molar-refractivity contribution in [1.29, 1.82) is 0 Å². The molecule has 1 aliphatic heterocycles. The fourth-order valence-corrected chi connectivity index (χ4v) is 3.69. The monoisotopic (exact) mass is 344 g/mol. The molecule has 24 heavy (non-hydrogen) atoms. The topological polar surface area (TPSA) is 62.5 Å². The molecule has 0 aliphatic carbocycles. The summed E-state index contributed by atoms with van der Waals surface area (Å²) in [5.41, 5.74) is 1.82. The molecule has 128 valence electrons. The lowest BCUT2D eigenvalue weighted by atomic mass is 10.2. The maximum atomic E-state index is 5.57. The third kappa shape index (κ3) is 4.77. The molecule has 0 radical (unpaired) electrons. The Labute approximate surface area is 147 Å². The number of nitrogens with zero attached hydrogens (tertiary/aromatic N) is 2. The van der Waals surface area contributed by atoms with E-state index in [-0.39, 0.29) is 0 Å². The van der Waals surface area contributed by atoms with Gasteiger partial charge in [0.1, 0.15) is 12.0 Å². The van der Waals surface area contributed by atoms with Crippen LogP contribution in [-0.4, -0.2) is 35.0 Å². The minimum Gasteiger partial charge on any atom is -0.444 e. The number of thioether (sulfide) groups is 1. The van der Waals surface area contributed by atoms with Gasteiger partial charge in [0.25, 0.3) is 0 Å². The molecule has 0 spiro atoms. The first-order chi connectivity index (χ1) is 11.8. The molecule has 0 saturated carbocycles. The van der Waals surface area contributed by atoms with Crippen LogP contribution >= 0.6 is 11.8 Å². The van der Waals surface area contributed by atoms with Crippen LogP contribution in [0.1, 0.15) is 25.5 Å². The lowest BCUT2D eigenvalue weighted by Gasteiger charge is -2.24. The van der Waals surface area contributed by atoms with Crippen LogP contribution < -0.4 is 10.6 Å². The van der Waals surface area contributed by atoms with Gasteiger partial charge in [-0.1, -0.05) is 18.2 Å². The first-order valence-electron chi connectivity index (χ1n) is 8.47. The minimum absolute atomic E-state index is 0.499. The molecule has 1 atom stereocenters. The van der Waals surface area contributed by atoms with Gasteiger partial charge >= 0.3 is 0 Å². The molecule has 1 unspecified atom stereocenters. The molecule has 0 bridgehead atoms. The number of nitrogens with one attached hydrogen (secondary N) is 2. The second-order valence-electron chi connectivity index (χ2n) is 5.76. The third-order valence-electron chi connectivity index (χ3n) is 3.82. The van der Waals surface area contributed by atoms with Crippen molar-refractivity contribution >= 4 is 17.7 Å². The van der Waals surface area contributed by atoms with Crippen LogP contribution in [0.15, 0.2) is 46.0 Å². The van der Waals surface area contributed by atoms with E-state index in [9.17, 15) is 0 Å². The van der Waals surface area contributed by atoms with E-state index in [1.807, 2.05) is 42.1 Å². The van der Waals surface area contributed by atoms with Crippen molar-refractivity contribution in [3.05, 3.63) is 42.3 Å². The summed E-state index contributed by atoms with van der Waals surface area (Å²) >= 11 is 2.01. The van der Waals surface area contributed by atoms with Crippen LogP contribution in [0.5, 0.6) is 0 Å². The maximum Gasteiger partial charge on any atom is 0.226 e. The van der Waals surface area contributed by atoms with E-state index in [4.69, 9.17) is 4.42 Å². The maximum absolute atomic E-state index is 5.57. The van der Waals surface area contributed by atoms with Gasteiger partial charge < -0.3 is 15.1 Å². The first kappa shape index (κ1) is 16.9. The Morgan fingerprint density at radius 3 is 3.00 bits per heavy atom. The summed E-state index contributed by atoms with van der Waals surface area (Å²) < 4.78 is 5.57. The van der Waals surface area contributed by atoms with Crippen molar-refractivity contribution in [3.63, 3.8) is 0 Å². The Bertz CT molecular complexity index is 650. The number of aromatic nitrogens is 1. The molecule has 1 aromatic heterocycles. The van der Waals surface area contributed by atoms with E-state index in [1.54, 1.807) is 6.26 Å². The Hall–Kier alpha value is -1.95. The molecule has 2 aromatic rings. The number of oxazole rings is 1. The highest BCUT2D eigenvalue weighted by Gasteiger charge is 2.15. The van der Waals surface area contributed by atoms with Crippen LogP contribution in [-0.2, 0) is 6.54 Å². The fraction of sp³-hybridized carbons (Fsp3) is 0.444. The molecule has 2 heterocycles. The summed E-state index contributed by atoms with van der Waals surface area (Å²) in [7, 11) is 0. The lowest BCUT2D eigenvalue weighted by molar-refractivity contribution is 0.572. The number of benzene rings is 1. The number of aliphatic imine (C=N–C) groups is 1. The molecule has 1 saturated heterocycles. The second-order valence-corrected chi connectivity index (χ2v) is 6.91. The van der Waals surface area contributed by atoms with Crippen molar-refractivity contribution in [1.82, 2.24) is 15.6 Å². The first-order valence-corrected chi connectivity index (χ1v) is 9.63. The summed E-state index contributed by atoms with van der Waals surface area (Å²) in [6, 6.07) is 10.4. The van der Waals surface area contributed by atoms with Crippen LogP contribution in [0.2, 0.25) is 0 Å². The van der Waals surface area contributed by atoms with E-state index in [0.29, 0.717) is 18.5 Å². The molecule has 1 aromatic carbocycles. The zero-order valence-electron chi connectivity index (χ0n) is 14.0. The lowest BCUT2D eigenvalue weighted by Crippen LogP contribution is -2.45. The molecule has 3 rings (SSSR count). The average molecular weight is 344 g/mol. The summed E-state index contributed by atoms with van der Waals surface area (Å²) in [6.07, 6.45) is 4.16. The molecular weight excluding hydrogens is 320 g/mol. The Kier molecular flexibility index (Phi) is 6.18. The number of hydrogen-bond acceptors (Lipinski definition) is 4. The fourth-order valence-electron chi connectivity index (χ4n) is 2.62. The van der Waals surface area contributed by atoms with Gasteiger partial charge in [0, 0.05) is 23.9 Å². The molecule has 5 nitrogen and oxygen atoms in total. The summed E-state index contributed by atoms with van der Waals surface area (Å²) in [4.78, 5) is 9.17. The predicted molar refractivity (Wildman–Crippen MR) is 100 cm³/mol. The molecule has 6 heteroatoms. The molecule has 1 fully saturated rings. The minimum atomic E-state index is 0.499. The highest BCUT2D eigenvalue weighted by molar-refractivity contribution is 7.99. The van der Waals surface area contributed by atoms with Gasteiger partial charge in [-0.15, -0.1) is 0 Å². The van der Waals surface area contributed by atoms with Crippen molar-refractivity contribution in [2.45, 2.75) is 32.4 Å². The highest BCUT2D eigenvalue weighted by atomic mass is 32.2. The number of hydrogen-bond donors (Lipinski definition) is 2. The van der Waals surface area contributed by atoms with Crippen LogP contribution in [0.4, 0.5) is 0 Å². The average Bonchev–Trinajstić information content (AvgIpc) is 3.11. The largest absolute Gasteiger partial charge is 0.444 e. The van der Waals surface area contributed by atoms with Crippen molar-refractivity contribution in [2.75, 3.05) is 18.1 Å². The van der Waals surface area contributed by atoms with E-state index in [1.165, 1.54) is 18.6 Å². The number of rotatable bonds is 5. The predicted octanol–water partition coefficient (Wildman–Crippen LogP) is 3.29. The normalized spacial score (nSPS) is 18.4. The molecule has 1 aliphatic rings. The van der Waals surface area contributed by atoms with Crippen LogP contribution in [0.3, 0.4) is 0 Å². The summed E-state index contributed by atoms with van der Waals surface area (Å²) in [5, 5.41) is 6.84. The Morgan fingerprint density at radius 1 is 1.38 bits per heavy atom. The van der Waals surface area contributed by atoms with E-state index >= 15 is 0 Å². The van der Waals surface area contributed by atoms with Gasteiger partial charge in [0.2, 0.25) is 5.89 Å². The van der Waals surface area contributed by atoms with Crippen molar-refractivity contribution in [2.24, 2.45) is 4.99 Å². The zero-order chi connectivity index (χ0) is 16.6. The standard InChI is InChI=1S/C18H24N4OS/c1-2-19-18(22-15-9-6-10-24-13-15)20-11-16-12-23-17(21-16)14-7-4-3-5-8-14/h3-5,7-8,12,15H,2,6,9-11,13H2,1H3,(H2,19,20,22). The summed E-state index contributed by atoms with van der Waals surface area (Å²) in [6.45, 7) is 3.43. The van der Waals surface area contributed by atoms with Gasteiger partial charge in [0.15, 0.2) is 5.96 Å². The molecule has 0 amide bonds. The third-order valence-corrected chi connectivity index (χ3v) is 5.03. The molecule has 2 N–H and O–H groups in total. The van der Waals surface area contributed by atoms with E-state index in [0.717, 1.165) is 29.5 Å². The summed E-state index contributed by atoms with van der Waals surface area (Å²) in [5.74, 6) is 3.91. The van der Waals surface area contributed by atoms with E-state index < -0.39 is 0 Å². The van der Waals surface area contributed by atoms with Gasteiger partial charge in [-0.25, -0.2) is 9.98 Å². The Morgan fingerprint density at radius 2 is 2.25 bits per heavy atom. The molecular formula is C18H24N4OS. The van der Waals surface area contributed by atoms with Crippen LogP contribution in [0.25, 0.3) is 11.5 Å². The van der Waals surface area contributed by atoms with Gasteiger partial charge in [-0.2, -0.15) is 11.8 Å². The number of guanidine groups is 1. The second kappa shape index (κ2) is 8.78. The van der Waals surface area contributed by atoms with E-state index in [2.05, 4.69) is 27.5 Å². The van der Waals surface area contributed by atoms with Gasteiger partial charge in [-0.3, -0.25) is 0 Å². The SMILES string of the molecule is CCNC(=NCc1coc(-c2ccccc2)n1)NC1CCCSC1. The smallest absolute Gasteiger partial charge is 0.226 e. The van der Waals surface area contributed by atoms with Gasteiger partial charge in [-0.05, 0) is 37.7 Å².